The number of aromatic nitrogens is 1. The lowest BCUT2D eigenvalue weighted by Gasteiger charge is -2.47. The molecule has 1 aliphatic carbocycles. The predicted octanol–water partition coefficient (Wildman–Crippen LogP) is 7.83. The van der Waals surface area contributed by atoms with Crippen molar-refractivity contribution in [2.45, 2.75) is 86.0 Å². The van der Waals surface area contributed by atoms with E-state index in [1.165, 1.54) is 62.3 Å². The molecule has 27 heavy (non-hydrogen) atoms. The molecule has 0 spiro atoms. The molecule has 1 aliphatic rings. The number of fused-ring (bicyclic) bond motifs is 1. The van der Waals surface area contributed by atoms with Crippen LogP contribution in [0, 0.1) is 22.7 Å². The van der Waals surface area contributed by atoms with Gasteiger partial charge in [0.15, 0.2) is 0 Å². The van der Waals surface area contributed by atoms with Gasteiger partial charge in [-0.15, -0.1) is 0 Å². The first-order valence-electron chi connectivity index (χ1n) is 11.2. The Kier molecular flexibility index (Phi) is 6.28. The molecular formula is C26H39N. The van der Waals surface area contributed by atoms with Crippen molar-refractivity contribution in [2.75, 3.05) is 0 Å². The molecule has 1 saturated carbocycles. The molecule has 148 valence electrons. The largest absolute Gasteiger partial charge is 0.256 e. The third-order valence-electron chi connectivity index (χ3n) is 8.03. The number of hydrogen-bond acceptors (Lipinski definition) is 1. The maximum atomic E-state index is 4.47. The second kappa shape index (κ2) is 8.33. The lowest BCUT2D eigenvalue weighted by molar-refractivity contribution is 0.0324. The Morgan fingerprint density at radius 3 is 2.67 bits per heavy atom. The van der Waals surface area contributed by atoms with Gasteiger partial charge in [-0.1, -0.05) is 72.4 Å². The third kappa shape index (κ3) is 4.55. The quantitative estimate of drug-likeness (QED) is 0.538. The number of aryl methyl sites for hydroxylation is 1. The average molecular weight is 366 g/mol. The molecule has 0 aliphatic heterocycles. The zero-order valence-corrected chi connectivity index (χ0v) is 18.2. The molecule has 1 heterocycles. The predicted molar refractivity (Wildman–Crippen MR) is 118 cm³/mol. The lowest BCUT2D eigenvalue weighted by atomic mass is 9.58. The molecule has 0 saturated heterocycles. The van der Waals surface area contributed by atoms with Gasteiger partial charge in [-0.2, -0.15) is 0 Å². The van der Waals surface area contributed by atoms with E-state index in [0.717, 1.165) is 17.4 Å². The Balaban J connectivity index is 1.82. The molecule has 0 bridgehead atoms. The van der Waals surface area contributed by atoms with Crippen molar-refractivity contribution in [3.05, 3.63) is 42.1 Å². The highest BCUT2D eigenvalue weighted by Crippen LogP contribution is 2.52. The molecule has 0 amide bonds. The maximum Gasteiger partial charge on any atom is 0.0702 e. The summed E-state index contributed by atoms with van der Waals surface area (Å²) < 4.78 is 0. The van der Waals surface area contributed by atoms with E-state index in [9.17, 15) is 0 Å². The van der Waals surface area contributed by atoms with Crippen LogP contribution in [-0.4, -0.2) is 4.98 Å². The van der Waals surface area contributed by atoms with E-state index in [0.29, 0.717) is 10.8 Å². The summed E-state index contributed by atoms with van der Waals surface area (Å²) in [6, 6.07) is 11.1. The summed E-state index contributed by atoms with van der Waals surface area (Å²) >= 11 is 0. The Hall–Kier alpha value is -1.37. The molecule has 1 nitrogen and oxygen atoms in total. The Morgan fingerprint density at radius 1 is 1.07 bits per heavy atom. The van der Waals surface area contributed by atoms with Gasteiger partial charge in [-0.3, -0.25) is 4.98 Å². The van der Waals surface area contributed by atoms with Crippen molar-refractivity contribution in [3.8, 4) is 0 Å². The SMILES string of the molecule is CCC1(CCc2ccc3ncccc3c2)CCC[C@H](C)CCC(C)(C)[C@H]1C. The van der Waals surface area contributed by atoms with E-state index in [1.807, 2.05) is 12.3 Å². The molecule has 1 fully saturated rings. The molecule has 0 radical (unpaired) electrons. The maximum absolute atomic E-state index is 4.47. The highest BCUT2D eigenvalue weighted by atomic mass is 14.6. The van der Waals surface area contributed by atoms with Crippen molar-refractivity contribution < 1.29 is 0 Å². The normalized spacial score (nSPS) is 29.1. The van der Waals surface area contributed by atoms with Gasteiger partial charge in [0.25, 0.3) is 0 Å². The molecular weight excluding hydrogens is 326 g/mol. The monoisotopic (exact) mass is 365 g/mol. The van der Waals surface area contributed by atoms with Gasteiger partial charge in [0.2, 0.25) is 0 Å². The van der Waals surface area contributed by atoms with Crippen LogP contribution < -0.4 is 0 Å². The fraction of sp³-hybridized carbons (Fsp3) is 0.654. The van der Waals surface area contributed by atoms with Crippen LogP contribution in [0.4, 0.5) is 0 Å². The minimum atomic E-state index is 0.432. The molecule has 1 aromatic heterocycles. The van der Waals surface area contributed by atoms with Gasteiger partial charge in [-0.25, -0.2) is 0 Å². The van der Waals surface area contributed by atoms with Crippen LogP contribution in [0.25, 0.3) is 10.9 Å². The van der Waals surface area contributed by atoms with E-state index in [4.69, 9.17) is 0 Å². The van der Waals surface area contributed by atoms with Crippen molar-refractivity contribution in [1.82, 2.24) is 4.98 Å². The summed E-state index contributed by atoms with van der Waals surface area (Å²) in [4.78, 5) is 4.47. The van der Waals surface area contributed by atoms with Crippen molar-refractivity contribution in [1.29, 1.82) is 0 Å². The zero-order chi connectivity index (χ0) is 19.5. The Morgan fingerprint density at radius 2 is 1.89 bits per heavy atom. The molecule has 0 N–H and O–H groups in total. The average Bonchev–Trinajstić information content (AvgIpc) is 2.71. The summed E-state index contributed by atoms with van der Waals surface area (Å²) in [7, 11) is 0. The Bertz CT molecular complexity index is 747. The van der Waals surface area contributed by atoms with E-state index in [2.05, 4.69) is 63.9 Å². The minimum Gasteiger partial charge on any atom is -0.256 e. The van der Waals surface area contributed by atoms with Gasteiger partial charge >= 0.3 is 0 Å². The van der Waals surface area contributed by atoms with Crippen LogP contribution in [0.15, 0.2) is 36.5 Å². The number of rotatable bonds is 4. The van der Waals surface area contributed by atoms with Crippen LogP contribution in [-0.2, 0) is 6.42 Å². The second-order valence-electron chi connectivity index (χ2n) is 9.99. The van der Waals surface area contributed by atoms with Gasteiger partial charge in [0, 0.05) is 11.6 Å². The number of pyridine rings is 1. The van der Waals surface area contributed by atoms with E-state index in [-0.39, 0.29) is 0 Å². The number of nitrogens with zero attached hydrogens (tertiary/aromatic N) is 1. The summed E-state index contributed by atoms with van der Waals surface area (Å²) in [5.41, 5.74) is 3.48. The van der Waals surface area contributed by atoms with Gasteiger partial charge < -0.3 is 0 Å². The second-order valence-corrected chi connectivity index (χ2v) is 9.99. The van der Waals surface area contributed by atoms with E-state index in [1.54, 1.807) is 0 Å². The minimum absolute atomic E-state index is 0.432. The summed E-state index contributed by atoms with van der Waals surface area (Å²) in [6.07, 6.45) is 12.7. The molecule has 3 rings (SSSR count). The lowest BCUT2D eigenvalue weighted by Crippen LogP contribution is -2.38. The molecule has 1 aromatic carbocycles. The third-order valence-corrected chi connectivity index (χ3v) is 8.03. The molecule has 1 unspecified atom stereocenters. The van der Waals surface area contributed by atoms with Crippen molar-refractivity contribution in [2.24, 2.45) is 22.7 Å². The van der Waals surface area contributed by atoms with Gasteiger partial charge in [-0.05, 0) is 72.1 Å². The summed E-state index contributed by atoms with van der Waals surface area (Å²) in [5.74, 6) is 1.65. The van der Waals surface area contributed by atoms with Crippen molar-refractivity contribution >= 4 is 10.9 Å². The molecule has 2 aromatic rings. The van der Waals surface area contributed by atoms with Gasteiger partial charge in [0.05, 0.1) is 5.52 Å². The number of benzene rings is 1. The topological polar surface area (TPSA) is 12.9 Å². The van der Waals surface area contributed by atoms with Crippen LogP contribution in [0.1, 0.15) is 85.1 Å². The van der Waals surface area contributed by atoms with Crippen LogP contribution in [0.3, 0.4) is 0 Å². The van der Waals surface area contributed by atoms with E-state index >= 15 is 0 Å². The standard InChI is InChI=1S/C26H39N/c1-6-26(15-7-9-20(2)13-16-25(4,5)21(26)3)17-14-22-11-12-24-23(19-22)10-8-18-27-24/h8,10-12,18-21H,6-7,9,13-17H2,1-5H3/t20-,21+,26?/m0/s1. The fourth-order valence-corrected chi connectivity index (χ4v) is 5.50. The molecule has 3 atom stereocenters. The van der Waals surface area contributed by atoms with E-state index < -0.39 is 0 Å². The summed E-state index contributed by atoms with van der Waals surface area (Å²) in [6.45, 7) is 12.5. The number of hydrogen-bond donors (Lipinski definition) is 0. The first kappa shape index (κ1) is 20.4. The van der Waals surface area contributed by atoms with Crippen LogP contribution in [0.5, 0.6) is 0 Å². The zero-order valence-electron chi connectivity index (χ0n) is 18.2. The van der Waals surface area contributed by atoms with Crippen LogP contribution in [0.2, 0.25) is 0 Å². The van der Waals surface area contributed by atoms with Crippen LogP contribution >= 0.6 is 0 Å². The van der Waals surface area contributed by atoms with Gasteiger partial charge in [0.1, 0.15) is 0 Å². The fourth-order valence-electron chi connectivity index (χ4n) is 5.50. The highest BCUT2D eigenvalue weighted by Gasteiger charge is 2.42. The Labute approximate surface area is 167 Å². The summed E-state index contributed by atoms with van der Waals surface area (Å²) in [5, 5.41) is 1.28. The smallest absolute Gasteiger partial charge is 0.0702 e. The first-order valence-corrected chi connectivity index (χ1v) is 11.2. The van der Waals surface area contributed by atoms with Crippen molar-refractivity contribution in [3.63, 3.8) is 0 Å². The first-order chi connectivity index (χ1) is 12.9. The molecule has 1 heteroatoms. The highest BCUT2D eigenvalue weighted by molar-refractivity contribution is 5.78.